The maximum absolute atomic E-state index is 10.2. The van der Waals surface area contributed by atoms with Crippen LogP contribution in [0.2, 0.25) is 0 Å². The van der Waals surface area contributed by atoms with Gasteiger partial charge in [0, 0.05) is 19.6 Å². The second-order valence-electron chi connectivity index (χ2n) is 8.32. The number of ether oxygens (including phenoxy) is 1. The van der Waals surface area contributed by atoms with Crippen molar-refractivity contribution in [1.29, 1.82) is 0 Å². The largest absolute Gasteiger partial charge is 0.504 e. The molecule has 0 radical (unpaired) electrons. The molecule has 2 heterocycles. The molecule has 0 saturated carbocycles. The summed E-state index contributed by atoms with van der Waals surface area (Å²) in [6, 6.07) is 24.3. The first-order valence-electron chi connectivity index (χ1n) is 11.2. The van der Waals surface area contributed by atoms with E-state index < -0.39 is 0 Å². The molecule has 1 atom stereocenters. The predicted molar refractivity (Wildman–Crippen MR) is 125 cm³/mol. The molecule has 4 aromatic rings. The van der Waals surface area contributed by atoms with Gasteiger partial charge in [-0.15, -0.1) is 5.10 Å². The summed E-state index contributed by atoms with van der Waals surface area (Å²) >= 11 is 0. The van der Waals surface area contributed by atoms with E-state index in [-0.39, 0.29) is 11.8 Å². The highest BCUT2D eigenvalue weighted by atomic mass is 16.5. The Balaban J connectivity index is 1.51. The Morgan fingerprint density at radius 3 is 2.61 bits per heavy atom. The van der Waals surface area contributed by atoms with E-state index in [1.54, 1.807) is 13.2 Å². The molecule has 1 aromatic heterocycles. The smallest absolute Gasteiger partial charge is 0.173 e. The zero-order valence-corrected chi connectivity index (χ0v) is 18.6. The molecule has 0 fully saturated rings. The number of fused-ring (bicyclic) bond motifs is 1. The van der Waals surface area contributed by atoms with Crippen molar-refractivity contribution >= 4 is 0 Å². The SMILES string of the molecule is COc1cc([C@H](c2nnnn2CCc2ccccc2)N2CCc3ccccc3C2)ccc1O. The van der Waals surface area contributed by atoms with Crippen LogP contribution in [-0.2, 0) is 25.9 Å². The van der Waals surface area contributed by atoms with Crippen LogP contribution in [0.3, 0.4) is 0 Å². The van der Waals surface area contributed by atoms with Crippen molar-refractivity contribution in [2.45, 2.75) is 32.0 Å². The van der Waals surface area contributed by atoms with Crippen molar-refractivity contribution in [2.24, 2.45) is 0 Å². The van der Waals surface area contributed by atoms with Gasteiger partial charge in [0.15, 0.2) is 17.3 Å². The fraction of sp³-hybridized carbons (Fsp3) is 0.269. The Labute approximate surface area is 193 Å². The van der Waals surface area contributed by atoms with Crippen LogP contribution in [0.4, 0.5) is 0 Å². The Morgan fingerprint density at radius 1 is 1.00 bits per heavy atom. The number of tetrazole rings is 1. The maximum Gasteiger partial charge on any atom is 0.173 e. The number of hydrogen-bond acceptors (Lipinski definition) is 6. The lowest BCUT2D eigenvalue weighted by Crippen LogP contribution is -2.36. The van der Waals surface area contributed by atoms with Gasteiger partial charge in [-0.25, -0.2) is 4.68 Å². The molecule has 0 unspecified atom stereocenters. The minimum atomic E-state index is -0.168. The van der Waals surface area contributed by atoms with E-state index in [0.29, 0.717) is 12.3 Å². The third kappa shape index (κ3) is 4.45. The van der Waals surface area contributed by atoms with Gasteiger partial charge in [-0.2, -0.15) is 0 Å². The Bertz CT molecular complexity index is 1220. The highest BCUT2D eigenvalue weighted by molar-refractivity contribution is 5.44. The minimum Gasteiger partial charge on any atom is -0.504 e. The van der Waals surface area contributed by atoms with Gasteiger partial charge in [-0.05, 0) is 57.7 Å². The van der Waals surface area contributed by atoms with E-state index in [1.165, 1.54) is 16.7 Å². The summed E-state index contributed by atoms with van der Waals surface area (Å²) in [5.41, 5.74) is 4.94. The first-order chi connectivity index (χ1) is 16.2. The molecule has 3 aromatic carbocycles. The highest BCUT2D eigenvalue weighted by Crippen LogP contribution is 2.36. The van der Waals surface area contributed by atoms with E-state index in [4.69, 9.17) is 4.74 Å². The Morgan fingerprint density at radius 2 is 1.79 bits per heavy atom. The lowest BCUT2D eigenvalue weighted by molar-refractivity contribution is 0.194. The third-order valence-electron chi connectivity index (χ3n) is 6.30. The van der Waals surface area contributed by atoms with Gasteiger partial charge in [0.2, 0.25) is 0 Å². The van der Waals surface area contributed by atoms with Gasteiger partial charge < -0.3 is 9.84 Å². The quantitative estimate of drug-likeness (QED) is 0.470. The monoisotopic (exact) mass is 441 g/mol. The van der Waals surface area contributed by atoms with Crippen molar-refractivity contribution in [3.63, 3.8) is 0 Å². The second kappa shape index (κ2) is 9.42. The van der Waals surface area contributed by atoms with Gasteiger partial charge in [0.05, 0.1) is 13.2 Å². The van der Waals surface area contributed by atoms with Crippen molar-refractivity contribution in [1.82, 2.24) is 25.1 Å². The average molecular weight is 442 g/mol. The van der Waals surface area contributed by atoms with Crippen LogP contribution in [0.5, 0.6) is 11.5 Å². The predicted octanol–water partition coefficient (Wildman–Crippen LogP) is 3.78. The fourth-order valence-electron chi connectivity index (χ4n) is 4.57. The van der Waals surface area contributed by atoms with Gasteiger partial charge in [0.1, 0.15) is 0 Å². The number of methoxy groups -OCH3 is 1. The van der Waals surface area contributed by atoms with Crippen molar-refractivity contribution < 1.29 is 9.84 Å². The first kappa shape index (κ1) is 21.2. The summed E-state index contributed by atoms with van der Waals surface area (Å²) < 4.78 is 7.31. The molecule has 0 spiro atoms. The van der Waals surface area contributed by atoms with Crippen LogP contribution >= 0.6 is 0 Å². The van der Waals surface area contributed by atoms with E-state index in [2.05, 4.69) is 56.8 Å². The van der Waals surface area contributed by atoms with Gasteiger partial charge in [-0.3, -0.25) is 4.90 Å². The number of hydrogen-bond donors (Lipinski definition) is 1. The average Bonchev–Trinajstić information content (AvgIpc) is 3.32. The van der Waals surface area contributed by atoms with E-state index in [9.17, 15) is 5.11 Å². The molecule has 7 heteroatoms. The number of aryl methyl sites for hydroxylation is 2. The summed E-state index contributed by atoms with van der Waals surface area (Å²) in [5, 5.41) is 23.0. The van der Waals surface area contributed by atoms with E-state index in [0.717, 1.165) is 37.3 Å². The zero-order valence-electron chi connectivity index (χ0n) is 18.6. The molecule has 33 heavy (non-hydrogen) atoms. The molecule has 1 aliphatic heterocycles. The highest BCUT2D eigenvalue weighted by Gasteiger charge is 2.31. The molecular formula is C26H27N5O2. The zero-order chi connectivity index (χ0) is 22.6. The number of aromatic hydroxyl groups is 1. The van der Waals surface area contributed by atoms with Gasteiger partial charge in [-0.1, -0.05) is 60.7 Å². The molecule has 1 N–H and O–H groups in total. The van der Waals surface area contributed by atoms with Gasteiger partial charge in [0.25, 0.3) is 0 Å². The third-order valence-corrected chi connectivity index (χ3v) is 6.30. The van der Waals surface area contributed by atoms with Gasteiger partial charge >= 0.3 is 0 Å². The maximum atomic E-state index is 10.2. The lowest BCUT2D eigenvalue weighted by atomic mass is 9.95. The number of benzene rings is 3. The van der Waals surface area contributed by atoms with Crippen molar-refractivity contribution in [3.8, 4) is 11.5 Å². The second-order valence-corrected chi connectivity index (χ2v) is 8.32. The summed E-state index contributed by atoms with van der Waals surface area (Å²) in [6.45, 7) is 2.37. The Kier molecular flexibility index (Phi) is 6.04. The minimum absolute atomic E-state index is 0.118. The molecule has 0 amide bonds. The molecule has 168 valence electrons. The van der Waals surface area contributed by atoms with Crippen LogP contribution < -0.4 is 4.74 Å². The number of phenols is 1. The Hall–Kier alpha value is -3.71. The van der Waals surface area contributed by atoms with Crippen LogP contribution in [0.1, 0.15) is 34.1 Å². The fourth-order valence-corrected chi connectivity index (χ4v) is 4.57. The first-order valence-corrected chi connectivity index (χ1v) is 11.2. The summed E-state index contributed by atoms with van der Waals surface area (Å²) in [5.74, 6) is 1.35. The van der Waals surface area contributed by atoms with Crippen LogP contribution in [0.15, 0.2) is 72.8 Å². The summed E-state index contributed by atoms with van der Waals surface area (Å²) in [6.07, 6.45) is 1.81. The van der Waals surface area contributed by atoms with Crippen LogP contribution in [0.25, 0.3) is 0 Å². The number of aromatic nitrogens is 4. The molecule has 5 rings (SSSR count). The molecular weight excluding hydrogens is 414 g/mol. The topological polar surface area (TPSA) is 76.3 Å². The molecule has 1 aliphatic rings. The van der Waals surface area contributed by atoms with Crippen LogP contribution in [0, 0.1) is 0 Å². The molecule has 0 saturated heterocycles. The molecule has 7 nitrogen and oxygen atoms in total. The molecule has 0 bridgehead atoms. The van der Waals surface area contributed by atoms with Crippen LogP contribution in [-0.4, -0.2) is 43.9 Å². The number of rotatable bonds is 7. The lowest BCUT2D eigenvalue weighted by Gasteiger charge is -2.35. The summed E-state index contributed by atoms with van der Waals surface area (Å²) in [4.78, 5) is 2.40. The van der Waals surface area contributed by atoms with E-state index in [1.807, 2.05) is 35.0 Å². The number of phenolic OH excluding ortho intramolecular Hbond substituents is 1. The van der Waals surface area contributed by atoms with E-state index >= 15 is 0 Å². The normalized spacial score (nSPS) is 14.6. The van der Waals surface area contributed by atoms with Crippen molar-refractivity contribution in [2.75, 3.05) is 13.7 Å². The van der Waals surface area contributed by atoms with Crippen molar-refractivity contribution in [3.05, 3.63) is 101 Å². The standard InChI is InChI=1S/C26H27N5O2/c1-33-24-17-21(11-12-23(24)32)25(30-15-14-20-9-5-6-10-22(20)18-30)26-27-28-29-31(26)16-13-19-7-3-2-4-8-19/h2-12,17,25,32H,13-16,18H2,1H3/t25-/m1/s1. The number of nitrogens with zero attached hydrogens (tertiary/aromatic N) is 5. The summed E-state index contributed by atoms with van der Waals surface area (Å²) in [7, 11) is 1.56. The molecule has 0 aliphatic carbocycles.